The molecule has 3 aromatic rings. The molecule has 0 saturated carbocycles. The van der Waals surface area contributed by atoms with E-state index in [0.29, 0.717) is 5.56 Å². The minimum Gasteiger partial charge on any atom is -0.369 e. The van der Waals surface area contributed by atoms with Crippen LogP contribution in [0.1, 0.15) is 23.6 Å². The summed E-state index contributed by atoms with van der Waals surface area (Å²) < 4.78 is 40.3. The summed E-state index contributed by atoms with van der Waals surface area (Å²) >= 11 is 0. The minimum atomic E-state index is -4.33. The van der Waals surface area contributed by atoms with E-state index in [4.69, 9.17) is 5.10 Å². The van der Waals surface area contributed by atoms with Crippen LogP contribution in [0.2, 0.25) is 0 Å². The number of hydrogen-bond donors (Lipinski definition) is 1. The third kappa shape index (κ3) is 2.75. The van der Waals surface area contributed by atoms with Crippen LogP contribution in [0, 0.1) is 0 Å². The molecule has 26 heavy (non-hydrogen) atoms. The molecular weight excluding hydrogens is 339 g/mol. The molecule has 0 radical (unpaired) electrons. The van der Waals surface area contributed by atoms with Crippen molar-refractivity contribution in [3.8, 4) is 16.9 Å². The van der Waals surface area contributed by atoms with E-state index in [0.717, 1.165) is 54.3 Å². The summed E-state index contributed by atoms with van der Waals surface area (Å²) in [6, 6.07) is 13.3. The second-order valence-electron chi connectivity index (χ2n) is 6.32. The van der Waals surface area contributed by atoms with Gasteiger partial charge in [0, 0.05) is 17.7 Å². The van der Waals surface area contributed by atoms with Crippen molar-refractivity contribution in [2.75, 3.05) is 11.9 Å². The molecule has 0 bridgehead atoms. The average molecular weight is 357 g/mol. The van der Waals surface area contributed by atoms with Crippen molar-refractivity contribution in [3.05, 3.63) is 65.2 Å². The third-order valence-electron chi connectivity index (χ3n) is 4.74. The highest BCUT2D eigenvalue weighted by Gasteiger charge is 2.31. The van der Waals surface area contributed by atoms with Crippen molar-refractivity contribution in [1.29, 1.82) is 0 Å². The van der Waals surface area contributed by atoms with Crippen LogP contribution in [0.15, 0.2) is 48.5 Å². The summed E-state index contributed by atoms with van der Waals surface area (Å²) in [6.45, 7) is 2.89. The Morgan fingerprint density at radius 3 is 2.50 bits per heavy atom. The van der Waals surface area contributed by atoms with Gasteiger partial charge in [-0.15, -0.1) is 0 Å². The lowest BCUT2D eigenvalue weighted by atomic mass is 10.0. The van der Waals surface area contributed by atoms with Gasteiger partial charge in [-0.3, -0.25) is 0 Å². The van der Waals surface area contributed by atoms with Crippen LogP contribution in [0.25, 0.3) is 16.9 Å². The maximum atomic E-state index is 12.8. The average Bonchev–Trinajstić information content (AvgIpc) is 3.23. The van der Waals surface area contributed by atoms with Crippen molar-refractivity contribution in [2.45, 2.75) is 25.9 Å². The van der Waals surface area contributed by atoms with Crippen molar-refractivity contribution >= 4 is 5.82 Å². The maximum absolute atomic E-state index is 12.8. The molecule has 0 saturated heterocycles. The summed E-state index contributed by atoms with van der Waals surface area (Å²) in [7, 11) is 0. The number of anilines is 1. The summed E-state index contributed by atoms with van der Waals surface area (Å²) in [4.78, 5) is 0. The summed E-state index contributed by atoms with van der Waals surface area (Å²) in [5.74, 6) is 0.931. The Kier molecular flexibility index (Phi) is 3.98. The monoisotopic (exact) mass is 357 g/mol. The highest BCUT2D eigenvalue weighted by Crippen LogP contribution is 2.36. The van der Waals surface area contributed by atoms with Gasteiger partial charge in [0.1, 0.15) is 5.82 Å². The zero-order valence-corrected chi connectivity index (χ0v) is 14.3. The first-order chi connectivity index (χ1) is 12.5. The lowest BCUT2D eigenvalue weighted by Gasteiger charge is -2.10. The number of benzene rings is 2. The van der Waals surface area contributed by atoms with Crippen LogP contribution >= 0.6 is 0 Å². The molecule has 4 rings (SSSR count). The first kappa shape index (κ1) is 16.7. The Morgan fingerprint density at radius 1 is 1.08 bits per heavy atom. The number of hydrogen-bond acceptors (Lipinski definition) is 2. The summed E-state index contributed by atoms with van der Waals surface area (Å²) in [5, 5.41) is 8.11. The quantitative estimate of drug-likeness (QED) is 0.708. The minimum absolute atomic E-state index is 0.646. The van der Waals surface area contributed by atoms with Gasteiger partial charge in [0.25, 0.3) is 0 Å². The van der Waals surface area contributed by atoms with E-state index in [2.05, 4.69) is 18.3 Å². The molecule has 0 unspecified atom stereocenters. The summed E-state index contributed by atoms with van der Waals surface area (Å²) in [5.41, 5.74) is 4.02. The van der Waals surface area contributed by atoms with Crippen LogP contribution in [0.5, 0.6) is 0 Å². The van der Waals surface area contributed by atoms with Crippen LogP contribution < -0.4 is 5.32 Å². The predicted octanol–water partition coefficient (Wildman–Crippen LogP) is 5.09. The Bertz CT molecular complexity index is 940. The molecule has 6 heteroatoms. The first-order valence-corrected chi connectivity index (χ1v) is 8.60. The van der Waals surface area contributed by atoms with Gasteiger partial charge >= 0.3 is 6.18 Å². The van der Waals surface area contributed by atoms with Crippen molar-refractivity contribution < 1.29 is 13.2 Å². The fourth-order valence-corrected chi connectivity index (χ4v) is 3.41. The van der Waals surface area contributed by atoms with Crippen LogP contribution in [0.4, 0.5) is 19.0 Å². The van der Waals surface area contributed by atoms with Gasteiger partial charge in [-0.1, -0.05) is 37.3 Å². The largest absolute Gasteiger partial charge is 0.416 e. The molecule has 1 aliphatic rings. The fourth-order valence-electron chi connectivity index (χ4n) is 3.41. The Hall–Kier alpha value is -2.76. The Labute approximate surface area is 149 Å². The second-order valence-corrected chi connectivity index (χ2v) is 6.32. The van der Waals surface area contributed by atoms with E-state index in [9.17, 15) is 13.2 Å². The van der Waals surface area contributed by atoms with E-state index in [1.807, 2.05) is 22.9 Å². The number of nitrogens with zero attached hydrogens (tertiary/aromatic N) is 2. The van der Waals surface area contributed by atoms with Gasteiger partial charge < -0.3 is 5.32 Å². The van der Waals surface area contributed by atoms with Crippen molar-refractivity contribution in [1.82, 2.24) is 9.78 Å². The molecule has 1 aliphatic heterocycles. The van der Waals surface area contributed by atoms with E-state index in [-0.39, 0.29) is 0 Å². The number of nitrogens with one attached hydrogen (secondary N) is 1. The van der Waals surface area contributed by atoms with Gasteiger partial charge in [-0.05, 0) is 36.6 Å². The van der Waals surface area contributed by atoms with Crippen LogP contribution in [0.3, 0.4) is 0 Å². The van der Waals surface area contributed by atoms with Crippen LogP contribution in [-0.2, 0) is 19.0 Å². The van der Waals surface area contributed by atoms with E-state index >= 15 is 0 Å². The molecule has 2 aromatic carbocycles. The molecule has 0 spiro atoms. The standard InChI is InChI=1S/C20H18F3N3/c1-2-13-5-3-4-6-17(13)26-19-16(11-12-24-19)18(25-26)14-7-9-15(10-8-14)20(21,22)23/h3-10,24H,2,11-12H2,1H3. The smallest absolute Gasteiger partial charge is 0.369 e. The predicted molar refractivity (Wildman–Crippen MR) is 95.6 cm³/mol. The van der Waals surface area contributed by atoms with E-state index in [1.165, 1.54) is 17.7 Å². The summed E-state index contributed by atoms with van der Waals surface area (Å²) in [6.07, 6.45) is -2.65. The van der Waals surface area contributed by atoms with Crippen molar-refractivity contribution in [3.63, 3.8) is 0 Å². The normalized spacial score (nSPS) is 13.5. The molecule has 0 fully saturated rings. The number of aryl methyl sites for hydroxylation is 1. The molecule has 1 aromatic heterocycles. The maximum Gasteiger partial charge on any atom is 0.416 e. The molecule has 0 aliphatic carbocycles. The lowest BCUT2D eigenvalue weighted by Crippen LogP contribution is -2.06. The second kappa shape index (κ2) is 6.20. The lowest BCUT2D eigenvalue weighted by molar-refractivity contribution is -0.137. The molecule has 2 heterocycles. The van der Waals surface area contributed by atoms with Crippen molar-refractivity contribution in [2.24, 2.45) is 0 Å². The SMILES string of the molecule is CCc1ccccc1-n1nc(-c2ccc(C(F)(F)F)cc2)c2c1NCC2. The number of fused-ring (bicyclic) bond motifs is 1. The number of alkyl halides is 3. The van der Waals surface area contributed by atoms with Crippen LogP contribution in [-0.4, -0.2) is 16.3 Å². The highest BCUT2D eigenvalue weighted by molar-refractivity contribution is 5.73. The zero-order chi connectivity index (χ0) is 18.3. The fraction of sp³-hybridized carbons (Fsp3) is 0.250. The highest BCUT2D eigenvalue weighted by atomic mass is 19.4. The topological polar surface area (TPSA) is 29.9 Å². The first-order valence-electron chi connectivity index (χ1n) is 8.60. The molecule has 1 N–H and O–H groups in total. The molecule has 3 nitrogen and oxygen atoms in total. The number of halogens is 3. The van der Waals surface area contributed by atoms with E-state index < -0.39 is 11.7 Å². The Morgan fingerprint density at radius 2 is 1.81 bits per heavy atom. The Balaban J connectivity index is 1.82. The number of para-hydroxylation sites is 1. The zero-order valence-electron chi connectivity index (χ0n) is 14.3. The van der Waals surface area contributed by atoms with Gasteiger partial charge in [-0.25, -0.2) is 4.68 Å². The third-order valence-corrected chi connectivity index (χ3v) is 4.74. The van der Waals surface area contributed by atoms with Gasteiger partial charge in [0.2, 0.25) is 0 Å². The van der Waals surface area contributed by atoms with Gasteiger partial charge in [0.05, 0.1) is 16.9 Å². The van der Waals surface area contributed by atoms with Gasteiger partial charge in [0.15, 0.2) is 0 Å². The number of aromatic nitrogens is 2. The van der Waals surface area contributed by atoms with Gasteiger partial charge in [-0.2, -0.15) is 18.3 Å². The molecular formula is C20H18F3N3. The molecule has 134 valence electrons. The van der Waals surface area contributed by atoms with E-state index in [1.54, 1.807) is 0 Å². The number of rotatable bonds is 3. The molecule has 0 atom stereocenters. The molecule has 0 amide bonds.